The van der Waals surface area contributed by atoms with E-state index < -0.39 is 0 Å². The molecular weight excluding hydrogens is 260 g/mol. The van der Waals surface area contributed by atoms with Gasteiger partial charge in [0.15, 0.2) is 11.6 Å². The largest absolute Gasteiger partial charge is 0.453 e. The number of aromatic amines is 1. The molecule has 3 heteroatoms. The zero-order chi connectivity index (χ0) is 14.2. The second-order valence-electron chi connectivity index (χ2n) is 5.14. The highest BCUT2D eigenvalue weighted by Gasteiger charge is 2.10. The van der Waals surface area contributed by atoms with Gasteiger partial charge in [-0.25, -0.2) is 4.98 Å². The van der Waals surface area contributed by atoms with Crippen molar-refractivity contribution in [3.63, 3.8) is 0 Å². The molecule has 0 aliphatic heterocycles. The zero-order valence-corrected chi connectivity index (χ0v) is 11.6. The van der Waals surface area contributed by atoms with Crippen LogP contribution < -0.4 is 0 Å². The second-order valence-corrected chi connectivity index (χ2v) is 5.14. The van der Waals surface area contributed by atoms with Gasteiger partial charge in [0.25, 0.3) is 0 Å². The minimum Gasteiger partial charge on any atom is -0.453 e. The van der Waals surface area contributed by atoms with E-state index in [-0.39, 0.29) is 0 Å². The van der Waals surface area contributed by atoms with Crippen LogP contribution in [0.5, 0.6) is 0 Å². The molecule has 0 saturated heterocycles. The van der Waals surface area contributed by atoms with Gasteiger partial charge in [-0.2, -0.15) is 0 Å². The lowest BCUT2D eigenvalue weighted by atomic mass is 10.2. The van der Waals surface area contributed by atoms with Crippen molar-refractivity contribution in [3.05, 3.63) is 66.2 Å². The van der Waals surface area contributed by atoms with E-state index in [1.54, 1.807) is 0 Å². The molecule has 102 valence electrons. The molecule has 0 bridgehead atoms. The molecule has 4 rings (SSSR count). The van der Waals surface area contributed by atoms with Gasteiger partial charge in [0.1, 0.15) is 5.76 Å². The summed E-state index contributed by atoms with van der Waals surface area (Å²) in [6, 6.07) is 20.2. The van der Waals surface area contributed by atoms with Crippen LogP contribution in [0.4, 0.5) is 0 Å². The van der Waals surface area contributed by atoms with Gasteiger partial charge in [-0.1, -0.05) is 36.4 Å². The molecule has 2 aromatic carbocycles. The van der Waals surface area contributed by atoms with Gasteiger partial charge in [-0.15, -0.1) is 0 Å². The fourth-order valence-corrected chi connectivity index (χ4v) is 2.46. The minimum atomic E-state index is 0.753. The Morgan fingerprint density at radius 1 is 0.905 bits per heavy atom. The van der Waals surface area contributed by atoms with E-state index in [9.17, 15) is 0 Å². The third kappa shape index (κ3) is 2.13. The van der Waals surface area contributed by atoms with Crippen LogP contribution in [-0.2, 0) is 0 Å². The highest BCUT2D eigenvalue weighted by molar-refractivity contribution is 5.79. The van der Waals surface area contributed by atoms with E-state index in [1.165, 1.54) is 5.56 Å². The SMILES string of the molecule is Cc1ccc2nc(-c3ccc(-c4ccccc4)o3)[nH]c2c1. The molecule has 0 aliphatic rings. The number of rotatable bonds is 2. The zero-order valence-electron chi connectivity index (χ0n) is 11.6. The van der Waals surface area contributed by atoms with Crippen LogP contribution in [0.15, 0.2) is 65.1 Å². The van der Waals surface area contributed by atoms with E-state index in [0.29, 0.717) is 0 Å². The number of hydrogen-bond donors (Lipinski definition) is 1. The van der Waals surface area contributed by atoms with Gasteiger partial charge in [-0.3, -0.25) is 0 Å². The Bertz CT molecular complexity index is 903. The van der Waals surface area contributed by atoms with Crippen LogP contribution in [0.1, 0.15) is 5.56 Å². The topological polar surface area (TPSA) is 41.8 Å². The molecular formula is C18H14N2O. The Balaban J connectivity index is 1.77. The van der Waals surface area contributed by atoms with Crippen molar-refractivity contribution in [2.24, 2.45) is 0 Å². The third-order valence-electron chi connectivity index (χ3n) is 3.54. The number of aryl methyl sites for hydroxylation is 1. The quantitative estimate of drug-likeness (QED) is 0.570. The van der Waals surface area contributed by atoms with Crippen LogP contribution in [0.3, 0.4) is 0 Å². The first kappa shape index (κ1) is 12.0. The average molecular weight is 274 g/mol. The number of fused-ring (bicyclic) bond motifs is 1. The summed E-state index contributed by atoms with van der Waals surface area (Å²) >= 11 is 0. The molecule has 0 saturated carbocycles. The number of nitrogens with one attached hydrogen (secondary N) is 1. The first-order valence-corrected chi connectivity index (χ1v) is 6.91. The fraction of sp³-hybridized carbons (Fsp3) is 0.0556. The molecule has 21 heavy (non-hydrogen) atoms. The predicted octanol–water partition coefficient (Wildman–Crippen LogP) is 4.80. The van der Waals surface area contributed by atoms with Gasteiger partial charge < -0.3 is 9.40 Å². The maximum Gasteiger partial charge on any atom is 0.174 e. The van der Waals surface area contributed by atoms with Gasteiger partial charge >= 0.3 is 0 Å². The third-order valence-corrected chi connectivity index (χ3v) is 3.54. The van der Waals surface area contributed by atoms with Crippen LogP contribution in [-0.4, -0.2) is 9.97 Å². The van der Waals surface area contributed by atoms with E-state index in [4.69, 9.17) is 4.42 Å². The van der Waals surface area contributed by atoms with Crippen LogP contribution in [0.2, 0.25) is 0 Å². The number of benzene rings is 2. The van der Waals surface area contributed by atoms with Gasteiger partial charge in [0.2, 0.25) is 0 Å². The van der Waals surface area contributed by atoms with E-state index in [2.05, 4.69) is 29.0 Å². The molecule has 0 spiro atoms. The summed E-state index contributed by atoms with van der Waals surface area (Å²) in [6.45, 7) is 2.07. The van der Waals surface area contributed by atoms with Crippen LogP contribution in [0.25, 0.3) is 33.9 Å². The fourth-order valence-electron chi connectivity index (χ4n) is 2.46. The molecule has 2 aromatic heterocycles. The molecule has 1 N–H and O–H groups in total. The predicted molar refractivity (Wildman–Crippen MR) is 84.0 cm³/mol. The molecule has 3 nitrogen and oxygen atoms in total. The Kier molecular flexibility index (Phi) is 2.64. The van der Waals surface area contributed by atoms with E-state index >= 15 is 0 Å². The van der Waals surface area contributed by atoms with Gasteiger partial charge in [0.05, 0.1) is 11.0 Å². The highest BCUT2D eigenvalue weighted by atomic mass is 16.3. The summed E-state index contributed by atoms with van der Waals surface area (Å²) in [6.07, 6.45) is 0. The number of hydrogen-bond acceptors (Lipinski definition) is 2. The Morgan fingerprint density at radius 3 is 2.57 bits per heavy atom. The average Bonchev–Trinajstić information content (AvgIpc) is 3.14. The smallest absolute Gasteiger partial charge is 0.174 e. The standard InChI is InChI=1S/C18H14N2O/c1-12-7-8-14-15(11-12)20-18(19-14)17-10-9-16(21-17)13-5-3-2-4-6-13/h2-11H,1H3,(H,19,20). The van der Waals surface area contributed by atoms with Crippen LogP contribution in [0, 0.1) is 6.92 Å². The first-order chi connectivity index (χ1) is 10.3. The molecule has 0 atom stereocenters. The second kappa shape index (κ2) is 4.63. The highest BCUT2D eigenvalue weighted by Crippen LogP contribution is 2.28. The summed E-state index contributed by atoms with van der Waals surface area (Å²) < 4.78 is 5.92. The lowest BCUT2D eigenvalue weighted by Crippen LogP contribution is -1.75. The molecule has 2 heterocycles. The van der Waals surface area contributed by atoms with Gasteiger partial charge in [-0.05, 0) is 36.8 Å². The van der Waals surface area contributed by atoms with Crippen molar-refractivity contribution in [1.82, 2.24) is 9.97 Å². The van der Waals surface area contributed by atoms with Crippen molar-refractivity contribution in [1.29, 1.82) is 0 Å². The number of furan rings is 1. The number of H-pyrrole nitrogens is 1. The maximum absolute atomic E-state index is 5.92. The number of nitrogens with zero attached hydrogens (tertiary/aromatic N) is 1. The molecule has 0 radical (unpaired) electrons. The monoisotopic (exact) mass is 274 g/mol. The number of imidazole rings is 1. The van der Waals surface area contributed by atoms with E-state index in [1.807, 2.05) is 48.5 Å². The van der Waals surface area contributed by atoms with Crippen molar-refractivity contribution >= 4 is 11.0 Å². The van der Waals surface area contributed by atoms with Crippen molar-refractivity contribution in [2.75, 3.05) is 0 Å². The number of aromatic nitrogens is 2. The summed E-state index contributed by atoms with van der Waals surface area (Å²) in [5.74, 6) is 2.36. The molecule has 0 aliphatic carbocycles. The molecule has 4 aromatic rings. The lowest BCUT2D eigenvalue weighted by molar-refractivity contribution is 0.593. The Hall–Kier alpha value is -2.81. The summed E-state index contributed by atoms with van der Waals surface area (Å²) in [7, 11) is 0. The molecule has 0 fully saturated rings. The van der Waals surface area contributed by atoms with Crippen LogP contribution >= 0.6 is 0 Å². The van der Waals surface area contributed by atoms with E-state index in [0.717, 1.165) is 33.9 Å². The maximum atomic E-state index is 5.92. The van der Waals surface area contributed by atoms with Crippen molar-refractivity contribution < 1.29 is 4.42 Å². The Labute approximate surface area is 122 Å². The Morgan fingerprint density at radius 2 is 1.71 bits per heavy atom. The minimum absolute atomic E-state index is 0.753. The van der Waals surface area contributed by atoms with Crippen molar-refractivity contribution in [2.45, 2.75) is 6.92 Å². The first-order valence-electron chi connectivity index (χ1n) is 6.91. The molecule has 0 unspecified atom stereocenters. The summed E-state index contributed by atoms with van der Waals surface area (Å²) in [5.41, 5.74) is 4.26. The summed E-state index contributed by atoms with van der Waals surface area (Å²) in [4.78, 5) is 7.89. The molecule has 0 amide bonds. The summed E-state index contributed by atoms with van der Waals surface area (Å²) in [5, 5.41) is 0. The normalized spacial score (nSPS) is 11.1. The van der Waals surface area contributed by atoms with Gasteiger partial charge in [0, 0.05) is 5.56 Å². The van der Waals surface area contributed by atoms with Crippen molar-refractivity contribution in [3.8, 4) is 22.9 Å². The lowest BCUT2D eigenvalue weighted by Gasteiger charge is -1.95.